The van der Waals surface area contributed by atoms with Gasteiger partial charge in [0.05, 0.1) is 30.2 Å². The van der Waals surface area contributed by atoms with Gasteiger partial charge in [0.2, 0.25) is 0 Å². The van der Waals surface area contributed by atoms with Gasteiger partial charge in [0.25, 0.3) is 17.4 Å². The number of carbonyl (C=O) groups excluding carboxylic acids is 2. The molecule has 11 heteroatoms. The van der Waals surface area contributed by atoms with Crippen LogP contribution in [0.3, 0.4) is 0 Å². The molecule has 202 valence electrons. The lowest BCUT2D eigenvalue weighted by Gasteiger charge is -2.39. The molecule has 1 aliphatic carbocycles. The fraction of sp³-hybridized carbons (Fsp3) is 0.519. The minimum Gasteiger partial charge on any atom is -0.633 e. The van der Waals surface area contributed by atoms with Gasteiger partial charge >= 0.3 is 0 Å². The molecule has 4 aliphatic rings. The number of aromatic nitrogens is 1. The van der Waals surface area contributed by atoms with E-state index in [2.05, 4.69) is 0 Å². The zero-order valence-corrected chi connectivity index (χ0v) is 21.8. The molecule has 1 unspecified atom stereocenters. The summed E-state index contributed by atoms with van der Waals surface area (Å²) in [5.74, 6) is -1.96. The molecule has 2 amide bonds. The van der Waals surface area contributed by atoms with Crippen molar-refractivity contribution in [1.29, 1.82) is 0 Å². The maximum Gasteiger partial charge on any atom is 0.295 e. The van der Waals surface area contributed by atoms with Gasteiger partial charge in [0.15, 0.2) is 5.75 Å². The van der Waals surface area contributed by atoms with Crippen molar-refractivity contribution in [2.75, 3.05) is 32.7 Å². The lowest BCUT2D eigenvalue weighted by atomic mass is 9.95. The number of benzene rings is 1. The molecule has 1 N–H and O–H groups in total. The van der Waals surface area contributed by atoms with Crippen LogP contribution >= 0.6 is 11.6 Å². The predicted octanol–water partition coefficient (Wildman–Crippen LogP) is 3.41. The van der Waals surface area contributed by atoms with Crippen molar-refractivity contribution in [2.45, 2.75) is 51.2 Å². The molecule has 1 aromatic carbocycles. The van der Waals surface area contributed by atoms with Crippen molar-refractivity contribution in [2.24, 2.45) is 5.92 Å². The normalized spacial score (nSPS) is 22.2. The topological polar surface area (TPSA) is 106 Å². The Morgan fingerprint density at radius 3 is 2.55 bits per heavy atom. The summed E-state index contributed by atoms with van der Waals surface area (Å²) >= 11 is 5.89. The van der Waals surface area contributed by atoms with Gasteiger partial charge in [-0.2, -0.15) is 0 Å². The third-order valence-electron chi connectivity index (χ3n) is 8.41. The Bertz CT molecular complexity index is 1380. The van der Waals surface area contributed by atoms with E-state index in [0.29, 0.717) is 43.7 Å². The summed E-state index contributed by atoms with van der Waals surface area (Å²) in [5, 5.41) is 23.7. The minimum absolute atomic E-state index is 0.0577. The van der Waals surface area contributed by atoms with Crippen LogP contribution in [0.2, 0.25) is 5.02 Å². The van der Waals surface area contributed by atoms with Crippen LogP contribution in [-0.4, -0.2) is 68.7 Å². The Balaban J connectivity index is 1.30. The number of aromatic hydroxyl groups is 1. The number of quaternary nitrogens is 1. The first-order valence-corrected chi connectivity index (χ1v) is 13.7. The Morgan fingerprint density at radius 2 is 1.87 bits per heavy atom. The van der Waals surface area contributed by atoms with E-state index in [1.54, 1.807) is 4.90 Å². The van der Waals surface area contributed by atoms with Crippen LogP contribution in [0.5, 0.6) is 5.75 Å². The highest BCUT2D eigenvalue weighted by Gasteiger charge is 2.49. The summed E-state index contributed by atoms with van der Waals surface area (Å²) in [7, 11) is 0. The number of fused-ring (bicyclic) bond motifs is 3. The molecule has 38 heavy (non-hydrogen) atoms. The van der Waals surface area contributed by atoms with E-state index in [4.69, 9.17) is 11.6 Å². The average Bonchev–Trinajstić information content (AvgIpc) is 3.57. The third kappa shape index (κ3) is 4.19. The van der Waals surface area contributed by atoms with Crippen molar-refractivity contribution >= 4 is 23.4 Å². The van der Waals surface area contributed by atoms with Gasteiger partial charge in [-0.25, -0.2) is 4.39 Å². The number of hydrogen-bond acceptors (Lipinski definition) is 5. The summed E-state index contributed by atoms with van der Waals surface area (Å²) in [6.07, 6.45) is 3.89. The van der Waals surface area contributed by atoms with Crippen molar-refractivity contribution < 1.29 is 23.7 Å². The first-order chi connectivity index (χ1) is 18.2. The third-order valence-corrected chi connectivity index (χ3v) is 8.70. The van der Waals surface area contributed by atoms with E-state index < -0.39 is 29.2 Å². The molecular weight excluding hydrogens is 515 g/mol. The van der Waals surface area contributed by atoms with Crippen LogP contribution in [0.1, 0.15) is 70.2 Å². The Hall–Kier alpha value is -2.95. The standard InChI is InChI=1S/C27H30ClFN4O5/c28-19-14-16(4-7-20(19)29)15-30-10-8-18-21(25(30)35)23(34)27(37)32-22(18)26(36)31(24(32)17-5-6-17)9-3-13-33(38)11-1-2-12-33/h4,7,14,17,24,34H,1-3,5-6,8-13,15H2. The zero-order chi connectivity index (χ0) is 26.8. The Labute approximate surface area is 224 Å². The second kappa shape index (κ2) is 9.36. The zero-order valence-electron chi connectivity index (χ0n) is 21.0. The van der Waals surface area contributed by atoms with Gasteiger partial charge in [-0.15, -0.1) is 0 Å². The van der Waals surface area contributed by atoms with Crippen molar-refractivity contribution in [3.63, 3.8) is 0 Å². The van der Waals surface area contributed by atoms with E-state index in [1.165, 1.54) is 27.7 Å². The highest BCUT2D eigenvalue weighted by molar-refractivity contribution is 6.30. The number of likely N-dealkylation sites (tertiary alicyclic amines) is 1. The highest BCUT2D eigenvalue weighted by atomic mass is 35.5. The van der Waals surface area contributed by atoms with E-state index >= 15 is 0 Å². The van der Waals surface area contributed by atoms with Crippen LogP contribution in [0.15, 0.2) is 23.0 Å². The molecule has 1 saturated heterocycles. The number of hydrogen-bond donors (Lipinski definition) is 1. The Kier molecular flexibility index (Phi) is 6.24. The molecule has 1 saturated carbocycles. The molecule has 1 aromatic heterocycles. The van der Waals surface area contributed by atoms with Gasteiger partial charge in [0.1, 0.15) is 17.7 Å². The van der Waals surface area contributed by atoms with Gasteiger partial charge < -0.3 is 24.8 Å². The maximum absolute atomic E-state index is 13.8. The number of amides is 2. The molecule has 1 atom stereocenters. The maximum atomic E-state index is 13.8. The van der Waals surface area contributed by atoms with Crippen molar-refractivity contribution in [3.05, 3.63) is 67.0 Å². The molecule has 3 aliphatic heterocycles. The van der Waals surface area contributed by atoms with Crippen LogP contribution in [0.4, 0.5) is 4.39 Å². The molecule has 6 rings (SSSR count). The molecule has 2 aromatic rings. The van der Waals surface area contributed by atoms with E-state index in [-0.39, 0.29) is 52.3 Å². The summed E-state index contributed by atoms with van der Waals surface area (Å²) < 4.78 is 14.7. The molecule has 4 heterocycles. The van der Waals surface area contributed by atoms with Crippen LogP contribution in [0.25, 0.3) is 0 Å². The molecule has 9 nitrogen and oxygen atoms in total. The second-order valence-corrected chi connectivity index (χ2v) is 11.4. The van der Waals surface area contributed by atoms with Gasteiger partial charge in [-0.1, -0.05) is 17.7 Å². The lowest BCUT2D eigenvalue weighted by Crippen LogP contribution is -2.42. The van der Waals surface area contributed by atoms with Crippen LogP contribution in [0, 0.1) is 16.9 Å². The monoisotopic (exact) mass is 544 g/mol. The lowest BCUT2D eigenvalue weighted by molar-refractivity contribution is -0.868. The van der Waals surface area contributed by atoms with Crippen molar-refractivity contribution in [3.8, 4) is 5.75 Å². The van der Waals surface area contributed by atoms with Gasteiger partial charge in [-0.3, -0.25) is 19.0 Å². The van der Waals surface area contributed by atoms with E-state index in [1.807, 2.05) is 0 Å². The van der Waals surface area contributed by atoms with Crippen LogP contribution in [-0.2, 0) is 13.0 Å². The number of carbonyl (C=O) groups is 2. The Morgan fingerprint density at radius 1 is 1.13 bits per heavy atom. The molecule has 0 bridgehead atoms. The summed E-state index contributed by atoms with van der Waals surface area (Å²) in [6, 6.07) is 4.19. The first-order valence-electron chi connectivity index (χ1n) is 13.3. The van der Waals surface area contributed by atoms with E-state index in [9.17, 15) is 29.1 Å². The first kappa shape index (κ1) is 25.3. The summed E-state index contributed by atoms with van der Waals surface area (Å²) in [4.78, 5) is 43.8. The smallest absolute Gasteiger partial charge is 0.295 e. The molecule has 0 radical (unpaired) electrons. The molecular formula is C27H30ClFN4O5. The fourth-order valence-corrected chi connectivity index (χ4v) is 6.56. The number of halogens is 2. The number of pyridine rings is 1. The summed E-state index contributed by atoms with van der Waals surface area (Å²) in [6.45, 7) is 2.37. The van der Waals surface area contributed by atoms with Gasteiger partial charge in [-0.05, 0) is 42.9 Å². The van der Waals surface area contributed by atoms with E-state index in [0.717, 1.165) is 25.7 Å². The van der Waals surface area contributed by atoms with Gasteiger partial charge in [0, 0.05) is 44.5 Å². The minimum atomic E-state index is -0.738. The highest BCUT2D eigenvalue weighted by Crippen LogP contribution is 2.46. The predicted molar refractivity (Wildman–Crippen MR) is 137 cm³/mol. The quantitative estimate of drug-likeness (QED) is 0.425. The number of nitrogens with zero attached hydrogens (tertiary/aromatic N) is 4. The van der Waals surface area contributed by atoms with Crippen LogP contribution < -0.4 is 5.56 Å². The average molecular weight is 545 g/mol. The second-order valence-electron chi connectivity index (χ2n) is 11.0. The van der Waals surface area contributed by atoms with Crippen molar-refractivity contribution in [1.82, 2.24) is 14.4 Å². The summed E-state index contributed by atoms with van der Waals surface area (Å²) in [5.41, 5.74) is 0.318. The number of rotatable bonds is 7. The SMILES string of the molecule is O=C1c2c(c3n(c(=O)c2O)C(C2CC2)N(CCC[N+]2([O-])CCCC2)C3=O)CCN1Cc1ccc(F)c(Cl)c1. The molecule has 0 spiro atoms. The molecule has 2 fully saturated rings. The number of hydroxylamine groups is 3. The fourth-order valence-electron chi connectivity index (χ4n) is 6.36. The largest absolute Gasteiger partial charge is 0.633 e.